The van der Waals surface area contributed by atoms with Crippen LogP contribution in [0.5, 0.6) is 0 Å². The van der Waals surface area contributed by atoms with Crippen LogP contribution in [0, 0.1) is 6.92 Å². The van der Waals surface area contributed by atoms with Crippen LogP contribution in [-0.2, 0) is 6.54 Å². The van der Waals surface area contributed by atoms with E-state index in [9.17, 15) is 4.79 Å². The van der Waals surface area contributed by atoms with Gasteiger partial charge in [-0.2, -0.15) is 5.10 Å². The van der Waals surface area contributed by atoms with Gasteiger partial charge in [0.25, 0.3) is 5.91 Å². The van der Waals surface area contributed by atoms with Gasteiger partial charge in [-0.15, -0.1) is 0 Å². The number of carbonyl (C=O) groups excluding carboxylic acids is 1. The van der Waals surface area contributed by atoms with Crippen LogP contribution in [0.1, 0.15) is 48.8 Å². The van der Waals surface area contributed by atoms with Crippen molar-refractivity contribution < 1.29 is 4.79 Å². The van der Waals surface area contributed by atoms with Gasteiger partial charge < -0.3 is 10.6 Å². The Labute approximate surface area is 113 Å². The van der Waals surface area contributed by atoms with Crippen molar-refractivity contribution in [1.82, 2.24) is 20.4 Å². The van der Waals surface area contributed by atoms with Gasteiger partial charge in [0.05, 0.1) is 5.69 Å². The van der Waals surface area contributed by atoms with E-state index in [0.717, 1.165) is 25.1 Å². The van der Waals surface area contributed by atoms with Crippen molar-refractivity contribution in [2.75, 3.05) is 0 Å². The lowest BCUT2D eigenvalue weighted by atomic mass is 10.00. The first-order valence-electron chi connectivity index (χ1n) is 7.27. The predicted octanol–water partition coefficient (Wildman–Crippen LogP) is 1.22. The molecule has 104 valence electrons. The molecule has 1 amide bonds. The molecule has 2 atom stereocenters. The number of aromatic nitrogens is 2. The molecule has 0 saturated carbocycles. The molecule has 2 aliphatic rings. The standard InChI is InChI=1S/C14H22N4O/c1-3-18-13(6-9(2)17-18)14(19)16-12-7-10-4-5-11(8-12)15-10/h6,10-12,15H,3-5,7-8H2,1-2H3,(H,16,19). The second-order valence-corrected chi connectivity index (χ2v) is 5.77. The topological polar surface area (TPSA) is 59.0 Å². The van der Waals surface area contributed by atoms with Gasteiger partial charge in [0, 0.05) is 24.7 Å². The molecule has 1 aromatic rings. The summed E-state index contributed by atoms with van der Waals surface area (Å²) in [7, 11) is 0. The van der Waals surface area contributed by atoms with E-state index >= 15 is 0 Å². The highest BCUT2D eigenvalue weighted by Crippen LogP contribution is 2.26. The normalized spacial score (nSPS) is 29.5. The van der Waals surface area contributed by atoms with Crippen molar-refractivity contribution in [3.05, 3.63) is 17.5 Å². The van der Waals surface area contributed by atoms with Crippen molar-refractivity contribution in [3.8, 4) is 0 Å². The van der Waals surface area contributed by atoms with Crippen LogP contribution in [0.15, 0.2) is 6.07 Å². The monoisotopic (exact) mass is 262 g/mol. The number of nitrogens with zero attached hydrogens (tertiary/aromatic N) is 2. The molecule has 2 aliphatic heterocycles. The van der Waals surface area contributed by atoms with E-state index in [4.69, 9.17) is 0 Å². The minimum atomic E-state index is 0.0220. The highest BCUT2D eigenvalue weighted by Gasteiger charge is 2.34. The Balaban J connectivity index is 1.67. The maximum absolute atomic E-state index is 12.3. The smallest absolute Gasteiger partial charge is 0.269 e. The number of aryl methyl sites for hydroxylation is 2. The van der Waals surface area contributed by atoms with Gasteiger partial charge in [-0.1, -0.05) is 0 Å². The summed E-state index contributed by atoms with van der Waals surface area (Å²) in [6.45, 7) is 4.66. The number of piperidine rings is 1. The van der Waals surface area contributed by atoms with Gasteiger partial charge >= 0.3 is 0 Å². The third-order valence-electron chi connectivity index (χ3n) is 4.24. The van der Waals surface area contributed by atoms with E-state index in [1.807, 2.05) is 19.9 Å². The average molecular weight is 262 g/mol. The molecule has 19 heavy (non-hydrogen) atoms. The maximum Gasteiger partial charge on any atom is 0.269 e. The van der Waals surface area contributed by atoms with Crippen molar-refractivity contribution in [1.29, 1.82) is 0 Å². The second-order valence-electron chi connectivity index (χ2n) is 5.77. The molecule has 3 heterocycles. The molecular weight excluding hydrogens is 240 g/mol. The summed E-state index contributed by atoms with van der Waals surface area (Å²) in [6, 6.07) is 3.38. The van der Waals surface area contributed by atoms with Crippen LogP contribution >= 0.6 is 0 Å². The first kappa shape index (κ1) is 12.7. The number of amides is 1. The number of rotatable bonds is 3. The van der Waals surface area contributed by atoms with Crippen LogP contribution in [0.25, 0.3) is 0 Å². The van der Waals surface area contributed by atoms with E-state index in [-0.39, 0.29) is 5.91 Å². The van der Waals surface area contributed by atoms with E-state index < -0.39 is 0 Å². The molecule has 3 rings (SSSR count). The highest BCUT2D eigenvalue weighted by molar-refractivity contribution is 5.92. The fourth-order valence-electron chi connectivity index (χ4n) is 3.40. The zero-order valence-electron chi connectivity index (χ0n) is 11.6. The minimum absolute atomic E-state index is 0.0220. The Kier molecular flexibility index (Phi) is 3.31. The van der Waals surface area contributed by atoms with Gasteiger partial charge in [-0.05, 0) is 45.6 Å². The summed E-state index contributed by atoms with van der Waals surface area (Å²) >= 11 is 0. The van der Waals surface area contributed by atoms with E-state index in [0.29, 0.717) is 23.8 Å². The van der Waals surface area contributed by atoms with Gasteiger partial charge in [0.2, 0.25) is 0 Å². The Morgan fingerprint density at radius 2 is 2.16 bits per heavy atom. The Hall–Kier alpha value is -1.36. The van der Waals surface area contributed by atoms with E-state index in [2.05, 4.69) is 15.7 Å². The third kappa shape index (κ3) is 2.52. The lowest BCUT2D eigenvalue weighted by Gasteiger charge is -2.29. The zero-order chi connectivity index (χ0) is 13.4. The lowest BCUT2D eigenvalue weighted by Crippen LogP contribution is -2.48. The maximum atomic E-state index is 12.3. The van der Waals surface area contributed by atoms with Crippen molar-refractivity contribution in [2.24, 2.45) is 0 Å². The van der Waals surface area contributed by atoms with Crippen LogP contribution < -0.4 is 10.6 Å². The molecule has 2 N–H and O–H groups in total. The fraction of sp³-hybridized carbons (Fsp3) is 0.714. The third-order valence-corrected chi connectivity index (χ3v) is 4.24. The zero-order valence-corrected chi connectivity index (χ0v) is 11.6. The molecule has 1 aromatic heterocycles. The Morgan fingerprint density at radius 1 is 1.47 bits per heavy atom. The van der Waals surface area contributed by atoms with Crippen LogP contribution in [0.2, 0.25) is 0 Å². The molecule has 0 spiro atoms. The Bertz CT molecular complexity index is 470. The second kappa shape index (κ2) is 4.96. The molecule has 2 saturated heterocycles. The van der Waals surface area contributed by atoms with E-state index in [1.54, 1.807) is 4.68 Å². The van der Waals surface area contributed by atoms with Crippen molar-refractivity contribution in [3.63, 3.8) is 0 Å². The first-order valence-corrected chi connectivity index (χ1v) is 7.27. The molecule has 5 heteroatoms. The van der Waals surface area contributed by atoms with Crippen molar-refractivity contribution in [2.45, 2.75) is 64.2 Å². The summed E-state index contributed by atoms with van der Waals surface area (Å²) in [5.74, 6) is 0.0220. The number of nitrogens with one attached hydrogen (secondary N) is 2. The van der Waals surface area contributed by atoms with Gasteiger partial charge in [0.15, 0.2) is 0 Å². The summed E-state index contributed by atoms with van der Waals surface area (Å²) < 4.78 is 1.78. The minimum Gasteiger partial charge on any atom is -0.348 e. The first-order chi connectivity index (χ1) is 9.15. The number of fused-ring (bicyclic) bond motifs is 2. The molecule has 2 bridgehead atoms. The molecule has 2 unspecified atom stereocenters. The van der Waals surface area contributed by atoms with Gasteiger partial charge in [-0.25, -0.2) is 0 Å². The summed E-state index contributed by atoms with van der Waals surface area (Å²) in [5.41, 5.74) is 1.59. The quantitative estimate of drug-likeness (QED) is 0.861. The number of hydrogen-bond acceptors (Lipinski definition) is 3. The molecule has 2 fully saturated rings. The molecule has 0 radical (unpaired) electrons. The molecule has 0 aromatic carbocycles. The largest absolute Gasteiger partial charge is 0.348 e. The molecular formula is C14H22N4O. The average Bonchev–Trinajstić information content (AvgIpc) is 2.92. The SMILES string of the molecule is CCn1nc(C)cc1C(=O)NC1CC2CCC(C1)N2. The predicted molar refractivity (Wildman–Crippen MR) is 73.1 cm³/mol. The van der Waals surface area contributed by atoms with Gasteiger partial charge in [0.1, 0.15) is 5.69 Å². The summed E-state index contributed by atoms with van der Waals surface area (Å²) in [4.78, 5) is 12.3. The molecule has 5 nitrogen and oxygen atoms in total. The molecule has 0 aliphatic carbocycles. The van der Waals surface area contributed by atoms with Gasteiger partial charge in [-0.3, -0.25) is 9.48 Å². The lowest BCUT2D eigenvalue weighted by molar-refractivity contribution is 0.0913. The van der Waals surface area contributed by atoms with Crippen LogP contribution in [-0.4, -0.2) is 33.8 Å². The van der Waals surface area contributed by atoms with Crippen molar-refractivity contribution >= 4 is 5.91 Å². The number of hydrogen-bond donors (Lipinski definition) is 2. The number of carbonyl (C=O) groups is 1. The van der Waals surface area contributed by atoms with Crippen LogP contribution in [0.4, 0.5) is 0 Å². The van der Waals surface area contributed by atoms with E-state index in [1.165, 1.54) is 12.8 Å². The highest BCUT2D eigenvalue weighted by atomic mass is 16.2. The summed E-state index contributed by atoms with van der Waals surface area (Å²) in [5, 5.41) is 11.1. The summed E-state index contributed by atoms with van der Waals surface area (Å²) in [6.07, 6.45) is 4.62. The Morgan fingerprint density at radius 3 is 2.79 bits per heavy atom. The van der Waals surface area contributed by atoms with Crippen LogP contribution in [0.3, 0.4) is 0 Å². The fourth-order valence-corrected chi connectivity index (χ4v) is 3.40.